The number of aliphatic hydroxyl groups excluding tert-OH is 1. The van der Waals surface area contributed by atoms with Gasteiger partial charge in [-0.15, -0.1) is 0 Å². The minimum atomic E-state index is -1.01. The highest BCUT2D eigenvalue weighted by atomic mass is 16.4. The van der Waals surface area contributed by atoms with Crippen molar-refractivity contribution in [3.05, 3.63) is 64.4 Å². The van der Waals surface area contributed by atoms with Gasteiger partial charge in [0.25, 0.3) is 0 Å². The number of aliphatic hydroxyl groups is 1. The fourth-order valence-corrected chi connectivity index (χ4v) is 2.82. The van der Waals surface area contributed by atoms with Crippen molar-refractivity contribution in [2.24, 2.45) is 5.84 Å². The predicted molar refractivity (Wildman–Crippen MR) is 86.2 cm³/mol. The largest absolute Gasteiger partial charge is 0.510 e. The number of hydrogen-bond donors (Lipinski definition) is 6. The first-order valence-corrected chi connectivity index (χ1v) is 7.20. The van der Waals surface area contributed by atoms with Crippen molar-refractivity contribution < 1.29 is 15.0 Å². The summed E-state index contributed by atoms with van der Waals surface area (Å²) in [5.74, 6) is 4.69. The zero-order valence-electron chi connectivity index (χ0n) is 12.3. The van der Waals surface area contributed by atoms with Crippen molar-refractivity contribution in [1.82, 2.24) is 16.3 Å². The van der Waals surface area contributed by atoms with E-state index in [1.54, 1.807) is 18.2 Å². The molecule has 1 aromatic carbocycles. The number of carboxylic acids is 1. The number of rotatable bonds is 3. The van der Waals surface area contributed by atoms with E-state index in [0.29, 0.717) is 24.2 Å². The molecule has 1 aromatic rings. The van der Waals surface area contributed by atoms with E-state index in [-0.39, 0.29) is 11.3 Å². The van der Waals surface area contributed by atoms with Gasteiger partial charge in [0.2, 0.25) is 0 Å². The maximum Gasteiger partial charge on any atom is 0.335 e. The summed E-state index contributed by atoms with van der Waals surface area (Å²) >= 11 is 0. The van der Waals surface area contributed by atoms with Gasteiger partial charge in [0.15, 0.2) is 0 Å². The highest BCUT2D eigenvalue weighted by molar-refractivity contribution is 5.90. The normalized spacial score (nSPS) is 21.2. The molecule has 0 aromatic heterocycles. The molecule has 1 fully saturated rings. The Hall–Kier alpha value is -2.45. The van der Waals surface area contributed by atoms with Crippen molar-refractivity contribution in [3.63, 3.8) is 0 Å². The van der Waals surface area contributed by atoms with E-state index in [9.17, 15) is 9.90 Å². The summed E-state index contributed by atoms with van der Waals surface area (Å²) < 4.78 is 0. The zero-order chi connectivity index (χ0) is 16.4. The van der Waals surface area contributed by atoms with Crippen molar-refractivity contribution in [2.45, 2.75) is 6.04 Å². The summed E-state index contributed by atoms with van der Waals surface area (Å²) in [4.78, 5) is 11.1. The molecular weight excluding hydrogens is 296 g/mol. The zero-order valence-corrected chi connectivity index (χ0v) is 12.3. The van der Waals surface area contributed by atoms with E-state index in [4.69, 9.17) is 10.9 Å². The smallest absolute Gasteiger partial charge is 0.335 e. The van der Waals surface area contributed by atoms with Crippen LogP contribution in [0.4, 0.5) is 0 Å². The second-order valence-corrected chi connectivity index (χ2v) is 5.38. The summed E-state index contributed by atoms with van der Waals surface area (Å²) in [6, 6.07) is 5.92. The fraction of sp³-hybridized carbons (Fsp3) is 0.188. The Morgan fingerprint density at radius 2 is 2.00 bits per heavy atom. The lowest BCUT2D eigenvalue weighted by molar-refractivity contribution is 0.0697. The number of carboxylic acid groups (broad SMARTS) is 1. The number of nitrogens with two attached hydrogens (primary N) is 1. The minimum Gasteiger partial charge on any atom is -0.510 e. The van der Waals surface area contributed by atoms with Crippen molar-refractivity contribution in [2.75, 3.05) is 13.1 Å². The van der Waals surface area contributed by atoms with Gasteiger partial charge in [-0.3, -0.25) is 16.7 Å². The SMILES string of the molecule is NNC1C(O)=C(c2cccc(C(=O)O)c2)C=CC1=C1CNNC1. The molecule has 0 amide bonds. The van der Waals surface area contributed by atoms with Crippen LogP contribution >= 0.6 is 0 Å². The van der Waals surface area contributed by atoms with Crippen LogP contribution in [-0.2, 0) is 0 Å². The standard InChI is InChI=1S/C16H18N4O3/c17-20-14-12(11-7-18-19-8-11)4-5-13(15(14)21)9-2-1-3-10(6-9)16(22)23/h1-6,14,18-21H,7-8,17H2,(H,22,23). The number of benzene rings is 1. The lowest BCUT2D eigenvalue weighted by atomic mass is 9.88. The molecule has 1 heterocycles. The molecule has 1 aliphatic carbocycles. The van der Waals surface area contributed by atoms with Gasteiger partial charge < -0.3 is 10.2 Å². The fourth-order valence-electron chi connectivity index (χ4n) is 2.82. The Balaban J connectivity index is 2.02. The molecule has 7 nitrogen and oxygen atoms in total. The summed E-state index contributed by atoms with van der Waals surface area (Å²) in [6.07, 6.45) is 3.68. The summed E-state index contributed by atoms with van der Waals surface area (Å²) in [5, 5.41) is 19.7. The molecule has 0 spiro atoms. The van der Waals surface area contributed by atoms with Crippen LogP contribution in [0.3, 0.4) is 0 Å². The van der Waals surface area contributed by atoms with E-state index >= 15 is 0 Å². The molecule has 0 radical (unpaired) electrons. The third kappa shape index (κ3) is 2.90. The van der Waals surface area contributed by atoms with Crippen LogP contribution in [0.2, 0.25) is 0 Å². The van der Waals surface area contributed by atoms with Gasteiger partial charge in [0.1, 0.15) is 11.8 Å². The van der Waals surface area contributed by atoms with Crippen LogP contribution in [0.15, 0.2) is 53.3 Å². The van der Waals surface area contributed by atoms with Gasteiger partial charge in [0.05, 0.1) is 5.56 Å². The molecule has 3 rings (SSSR count). The molecule has 2 aliphatic rings. The predicted octanol–water partition coefficient (Wildman–Crippen LogP) is 0.460. The monoisotopic (exact) mass is 314 g/mol. The second-order valence-electron chi connectivity index (χ2n) is 5.38. The van der Waals surface area contributed by atoms with Crippen molar-refractivity contribution in [1.29, 1.82) is 0 Å². The third-order valence-electron chi connectivity index (χ3n) is 4.01. The number of aromatic carboxylic acids is 1. The van der Waals surface area contributed by atoms with Gasteiger partial charge in [-0.2, -0.15) is 0 Å². The third-order valence-corrected chi connectivity index (χ3v) is 4.01. The first-order valence-electron chi connectivity index (χ1n) is 7.20. The Morgan fingerprint density at radius 1 is 1.26 bits per heavy atom. The summed E-state index contributed by atoms with van der Waals surface area (Å²) in [6.45, 7) is 1.35. The highest BCUT2D eigenvalue weighted by Crippen LogP contribution is 2.30. The van der Waals surface area contributed by atoms with E-state index < -0.39 is 12.0 Å². The maximum absolute atomic E-state index is 11.1. The molecule has 1 aliphatic heterocycles. The average molecular weight is 314 g/mol. The molecule has 1 unspecified atom stereocenters. The molecule has 1 saturated heterocycles. The van der Waals surface area contributed by atoms with Crippen LogP contribution in [0, 0.1) is 0 Å². The quantitative estimate of drug-likeness (QED) is 0.354. The second kappa shape index (κ2) is 6.35. The molecule has 7 N–H and O–H groups in total. The van der Waals surface area contributed by atoms with Crippen LogP contribution in [-0.4, -0.2) is 35.3 Å². The molecular formula is C16H18N4O3. The van der Waals surface area contributed by atoms with Crippen LogP contribution in [0.1, 0.15) is 15.9 Å². The first kappa shape index (κ1) is 15.4. The van der Waals surface area contributed by atoms with Crippen LogP contribution in [0.25, 0.3) is 5.57 Å². The lowest BCUT2D eigenvalue weighted by Gasteiger charge is -2.25. The number of carbonyl (C=O) groups is 1. The van der Waals surface area contributed by atoms with Gasteiger partial charge in [0, 0.05) is 18.7 Å². The Labute approximate surface area is 133 Å². The van der Waals surface area contributed by atoms with Crippen LogP contribution < -0.4 is 22.1 Å². The molecule has 0 bridgehead atoms. The van der Waals surface area contributed by atoms with E-state index in [1.807, 2.05) is 6.08 Å². The Morgan fingerprint density at radius 3 is 2.65 bits per heavy atom. The number of allylic oxidation sites excluding steroid dienone is 2. The summed E-state index contributed by atoms with van der Waals surface area (Å²) in [7, 11) is 0. The number of hydrogen-bond acceptors (Lipinski definition) is 6. The van der Waals surface area contributed by atoms with Crippen molar-refractivity contribution in [3.8, 4) is 0 Å². The molecule has 7 heteroatoms. The lowest BCUT2D eigenvalue weighted by Crippen LogP contribution is -2.40. The maximum atomic E-state index is 11.1. The Bertz CT molecular complexity index is 729. The van der Waals surface area contributed by atoms with Gasteiger partial charge in [-0.05, 0) is 28.8 Å². The molecule has 120 valence electrons. The van der Waals surface area contributed by atoms with Gasteiger partial charge >= 0.3 is 5.97 Å². The molecule has 1 atom stereocenters. The average Bonchev–Trinajstić information content (AvgIpc) is 3.08. The van der Waals surface area contributed by atoms with Crippen molar-refractivity contribution >= 4 is 11.5 Å². The van der Waals surface area contributed by atoms with E-state index in [2.05, 4.69) is 16.3 Å². The Kier molecular flexibility index (Phi) is 4.26. The van der Waals surface area contributed by atoms with Crippen LogP contribution in [0.5, 0.6) is 0 Å². The van der Waals surface area contributed by atoms with Gasteiger partial charge in [-0.25, -0.2) is 10.2 Å². The molecule has 0 saturated carbocycles. The van der Waals surface area contributed by atoms with E-state index in [0.717, 1.165) is 11.1 Å². The highest BCUT2D eigenvalue weighted by Gasteiger charge is 2.26. The minimum absolute atomic E-state index is 0.0759. The number of nitrogens with one attached hydrogen (secondary N) is 3. The molecule has 23 heavy (non-hydrogen) atoms. The van der Waals surface area contributed by atoms with E-state index in [1.165, 1.54) is 12.1 Å². The topological polar surface area (TPSA) is 120 Å². The summed E-state index contributed by atoms with van der Waals surface area (Å²) in [5.41, 5.74) is 12.0. The first-order chi connectivity index (χ1) is 11.1. The number of hydrazine groups is 2. The van der Waals surface area contributed by atoms with Gasteiger partial charge in [-0.1, -0.05) is 24.3 Å².